The Bertz CT molecular complexity index is 651. The maximum Gasteiger partial charge on any atom is 0.200 e. The van der Waals surface area contributed by atoms with Crippen LogP contribution in [-0.2, 0) is 0 Å². The van der Waals surface area contributed by atoms with Crippen LogP contribution >= 0.6 is 11.8 Å². The van der Waals surface area contributed by atoms with Crippen molar-refractivity contribution < 1.29 is 13.6 Å². The van der Waals surface area contributed by atoms with E-state index >= 15 is 0 Å². The lowest BCUT2D eigenvalue weighted by atomic mass is 10.1. The number of hydrogen-bond acceptors (Lipinski definition) is 2. The summed E-state index contributed by atoms with van der Waals surface area (Å²) in [5.74, 6) is -2.27. The molecule has 82 valence electrons. The molecule has 0 N–H and O–H groups in total. The van der Waals surface area contributed by atoms with Crippen molar-refractivity contribution in [3.8, 4) is 0 Å². The Morgan fingerprint density at radius 1 is 1.25 bits per heavy atom. The second-order valence-electron chi connectivity index (χ2n) is 3.13. The highest BCUT2D eigenvalue weighted by molar-refractivity contribution is 6.19. The normalized spacial score (nSPS) is 10.7. The van der Waals surface area contributed by atoms with Gasteiger partial charge in [0, 0.05) is 24.0 Å². The third-order valence-electron chi connectivity index (χ3n) is 2.15. The van der Waals surface area contributed by atoms with Gasteiger partial charge >= 0.3 is 0 Å². The summed E-state index contributed by atoms with van der Waals surface area (Å²) in [7, 11) is 0. The number of halogens is 3. The van der Waals surface area contributed by atoms with Gasteiger partial charge in [-0.1, -0.05) is 0 Å². The molecule has 0 fully saturated rings. The fourth-order valence-corrected chi connectivity index (χ4v) is 1.63. The molecule has 0 aliphatic rings. The van der Waals surface area contributed by atoms with Gasteiger partial charge in [-0.3, -0.25) is 13.7 Å². The second-order valence-corrected chi connectivity index (χ2v) is 3.49. The Morgan fingerprint density at radius 3 is 2.50 bits per heavy atom. The number of carbonyl (C=O) groups is 1. The first-order valence-electron chi connectivity index (χ1n) is 4.20. The number of carbonyl (C=O) groups excluding carboxylic acids is 1. The molecule has 0 atom stereocenters. The standard InChI is InChI=1S/C10H4ClF2NO2/c11-14-3-5(4-15)10(16)6-1-7(12)8(13)2-9(6)14/h1-4H. The zero-order chi connectivity index (χ0) is 11.9. The molecule has 3 nitrogen and oxygen atoms in total. The number of rotatable bonds is 1. The molecule has 0 saturated heterocycles. The fourth-order valence-electron chi connectivity index (χ4n) is 1.38. The summed E-state index contributed by atoms with van der Waals surface area (Å²) in [6, 6.07) is 1.52. The zero-order valence-corrected chi connectivity index (χ0v) is 8.46. The van der Waals surface area contributed by atoms with Crippen molar-refractivity contribution in [2.75, 3.05) is 0 Å². The summed E-state index contributed by atoms with van der Waals surface area (Å²) < 4.78 is 26.7. The lowest BCUT2D eigenvalue weighted by Gasteiger charge is -2.04. The average molecular weight is 244 g/mol. The van der Waals surface area contributed by atoms with Crippen LogP contribution in [0.15, 0.2) is 23.1 Å². The van der Waals surface area contributed by atoms with Crippen molar-refractivity contribution in [2.45, 2.75) is 0 Å². The summed E-state index contributed by atoms with van der Waals surface area (Å²) in [5.41, 5.74) is -0.884. The Balaban J connectivity index is 3.02. The molecule has 2 aromatic rings. The van der Waals surface area contributed by atoms with Gasteiger partial charge in [0.2, 0.25) is 0 Å². The summed E-state index contributed by atoms with van der Waals surface area (Å²) in [5, 5.41) is -0.140. The second kappa shape index (κ2) is 3.68. The molecule has 1 aromatic heterocycles. The topological polar surface area (TPSA) is 39.1 Å². The van der Waals surface area contributed by atoms with Crippen molar-refractivity contribution in [3.63, 3.8) is 0 Å². The van der Waals surface area contributed by atoms with E-state index in [1.54, 1.807) is 0 Å². The molecule has 0 bridgehead atoms. The number of nitrogens with zero attached hydrogens (tertiary/aromatic N) is 1. The Morgan fingerprint density at radius 2 is 1.88 bits per heavy atom. The highest BCUT2D eigenvalue weighted by Gasteiger charge is 2.12. The SMILES string of the molecule is O=Cc1cn(Cl)c2cc(F)c(F)cc2c1=O. The Labute approximate surface area is 93.0 Å². The summed E-state index contributed by atoms with van der Waals surface area (Å²) in [4.78, 5) is 22.1. The quantitative estimate of drug-likeness (QED) is 0.720. The third-order valence-corrected chi connectivity index (χ3v) is 2.43. The molecule has 0 amide bonds. The van der Waals surface area contributed by atoms with Crippen LogP contribution in [0.1, 0.15) is 10.4 Å². The number of benzene rings is 1. The molecule has 0 aliphatic carbocycles. The first kappa shape index (κ1) is 10.8. The van der Waals surface area contributed by atoms with Crippen LogP contribution in [0.4, 0.5) is 8.78 Å². The Hall–Kier alpha value is -1.75. The number of hydrogen-bond donors (Lipinski definition) is 0. The van der Waals surface area contributed by atoms with Crippen LogP contribution in [-0.4, -0.2) is 10.4 Å². The van der Waals surface area contributed by atoms with Gasteiger partial charge < -0.3 is 0 Å². The van der Waals surface area contributed by atoms with Crippen molar-refractivity contribution in [2.24, 2.45) is 0 Å². The zero-order valence-electron chi connectivity index (χ0n) is 7.71. The van der Waals surface area contributed by atoms with Gasteiger partial charge in [0.15, 0.2) is 23.3 Å². The predicted molar refractivity (Wildman–Crippen MR) is 54.8 cm³/mol. The first-order chi connectivity index (χ1) is 7.54. The van der Waals surface area contributed by atoms with Crippen LogP contribution in [0.25, 0.3) is 10.9 Å². The van der Waals surface area contributed by atoms with Crippen LogP contribution in [0.3, 0.4) is 0 Å². The van der Waals surface area contributed by atoms with Crippen LogP contribution in [0.5, 0.6) is 0 Å². The minimum Gasteiger partial charge on any atom is -0.298 e. The maximum atomic E-state index is 12.9. The molecule has 16 heavy (non-hydrogen) atoms. The first-order valence-corrected chi connectivity index (χ1v) is 4.54. The molecule has 2 rings (SSSR count). The maximum absolute atomic E-state index is 12.9. The molecule has 0 aliphatic heterocycles. The number of aromatic nitrogens is 1. The highest BCUT2D eigenvalue weighted by atomic mass is 35.5. The van der Waals surface area contributed by atoms with E-state index in [1.807, 2.05) is 0 Å². The van der Waals surface area contributed by atoms with Crippen molar-refractivity contribution in [3.05, 3.63) is 45.8 Å². The van der Waals surface area contributed by atoms with Gasteiger partial charge in [0.1, 0.15) is 0 Å². The van der Waals surface area contributed by atoms with Crippen LogP contribution < -0.4 is 5.43 Å². The van der Waals surface area contributed by atoms with E-state index in [9.17, 15) is 18.4 Å². The third kappa shape index (κ3) is 1.49. The van der Waals surface area contributed by atoms with Crippen LogP contribution in [0.2, 0.25) is 0 Å². The molecular formula is C10H4ClF2NO2. The summed E-state index contributed by atoms with van der Waals surface area (Å²) >= 11 is 5.67. The monoisotopic (exact) mass is 243 g/mol. The molecule has 0 unspecified atom stereocenters. The lowest BCUT2D eigenvalue weighted by molar-refractivity contribution is 0.112. The van der Waals surface area contributed by atoms with E-state index in [1.165, 1.54) is 0 Å². The van der Waals surface area contributed by atoms with E-state index in [0.29, 0.717) is 6.29 Å². The van der Waals surface area contributed by atoms with Gasteiger partial charge in [0.05, 0.1) is 16.5 Å². The highest BCUT2D eigenvalue weighted by Crippen LogP contribution is 2.17. The lowest BCUT2D eigenvalue weighted by Crippen LogP contribution is -2.12. The molecule has 0 spiro atoms. The van der Waals surface area contributed by atoms with E-state index in [0.717, 1.165) is 22.4 Å². The minimum absolute atomic E-state index is 0.0103. The molecule has 6 heteroatoms. The van der Waals surface area contributed by atoms with Crippen LogP contribution in [0, 0.1) is 11.6 Å². The largest absolute Gasteiger partial charge is 0.298 e. The molecule has 1 heterocycles. The molecule has 0 radical (unpaired) electrons. The van der Waals surface area contributed by atoms with E-state index < -0.39 is 17.1 Å². The molecular weight excluding hydrogens is 240 g/mol. The molecule has 0 saturated carbocycles. The number of pyridine rings is 1. The minimum atomic E-state index is -1.16. The van der Waals surface area contributed by atoms with Gasteiger partial charge in [-0.25, -0.2) is 8.78 Å². The van der Waals surface area contributed by atoms with Crippen molar-refractivity contribution >= 4 is 29.0 Å². The van der Waals surface area contributed by atoms with E-state index in [2.05, 4.69) is 0 Å². The predicted octanol–water partition coefficient (Wildman–Crippen LogP) is 2.09. The number of fused-ring (bicyclic) bond motifs is 1. The van der Waals surface area contributed by atoms with E-state index in [-0.39, 0.29) is 16.5 Å². The van der Waals surface area contributed by atoms with E-state index in [4.69, 9.17) is 11.8 Å². The molecule has 1 aromatic carbocycles. The Kier molecular flexibility index (Phi) is 2.47. The van der Waals surface area contributed by atoms with Gasteiger partial charge in [-0.2, -0.15) is 0 Å². The van der Waals surface area contributed by atoms with Gasteiger partial charge in [-0.05, 0) is 6.07 Å². The smallest absolute Gasteiger partial charge is 0.200 e. The summed E-state index contributed by atoms with van der Waals surface area (Å²) in [6.07, 6.45) is 1.36. The van der Waals surface area contributed by atoms with Crippen molar-refractivity contribution in [1.82, 2.24) is 4.09 Å². The van der Waals surface area contributed by atoms with Gasteiger partial charge in [-0.15, -0.1) is 0 Å². The summed E-state index contributed by atoms with van der Waals surface area (Å²) in [6.45, 7) is 0. The number of aldehydes is 1. The van der Waals surface area contributed by atoms with Crippen molar-refractivity contribution in [1.29, 1.82) is 0 Å². The fraction of sp³-hybridized carbons (Fsp3) is 0. The van der Waals surface area contributed by atoms with Gasteiger partial charge in [0.25, 0.3) is 0 Å². The average Bonchev–Trinajstić information content (AvgIpc) is 2.26.